The molecule has 6 nitrogen and oxygen atoms in total. The Hall–Kier alpha value is -2.76. The third-order valence-corrected chi connectivity index (χ3v) is 3.89. The largest absolute Gasteiger partial charge is 0.366 e. The van der Waals surface area contributed by atoms with Gasteiger partial charge in [-0.05, 0) is 32.4 Å². The van der Waals surface area contributed by atoms with E-state index in [1.54, 1.807) is 6.20 Å². The molecule has 3 aromatic heterocycles. The van der Waals surface area contributed by atoms with Gasteiger partial charge in [-0.3, -0.25) is 9.67 Å². The number of nitrogens with zero attached hydrogens (tertiary/aromatic N) is 5. The summed E-state index contributed by atoms with van der Waals surface area (Å²) in [7, 11) is 1.93. The average molecular weight is 308 g/mol. The number of pyridine rings is 1. The van der Waals surface area contributed by atoms with Crippen LogP contribution in [0.5, 0.6) is 0 Å². The molecule has 0 aliphatic rings. The number of aromatic nitrogens is 5. The predicted molar refractivity (Wildman–Crippen MR) is 90.0 cm³/mol. The van der Waals surface area contributed by atoms with E-state index in [9.17, 15) is 0 Å². The molecule has 0 saturated heterocycles. The van der Waals surface area contributed by atoms with E-state index >= 15 is 0 Å². The summed E-state index contributed by atoms with van der Waals surface area (Å²) in [6.07, 6.45) is 5.46. The van der Waals surface area contributed by atoms with Crippen LogP contribution in [0.15, 0.2) is 30.7 Å². The zero-order chi connectivity index (χ0) is 16.4. The van der Waals surface area contributed by atoms with Gasteiger partial charge in [-0.2, -0.15) is 5.10 Å². The van der Waals surface area contributed by atoms with Crippen molar-refractivity contribution in [2.75, 3.05) is 5.32 Å². The minimum absolute atomic E-state index is 0.677. The van der Waals surface area contributed by atoms with Crippen LogP contribution in [0, 0.1) is 20.8 Å². The van der Waals surface area contributed by atoms with Gasteiger partial charge in [0.15, 0.2) is 5.82 Å². The van der Waals surface area contributed by atoms with Gasteiger partial charge in [0.05, 0.1) is 11.3 Å². The van der Waals surface area contributed by atoms with Crippen molar-refractivity contribution in [1.82, 2.24) is 24.7 Å². The first kappa shape index (κ1) is 15.1. The van der Waals surface area contributed by atoms with Crippen molar-refractivity contribution in [1.29, 1.82) is 0 Å². The van der Waals surface area contributed by atoms with Gasteiger partial charge in [0.25, 0.3) is 0 Å². The third kappa shape index (κ3) is 3.06. The lowest BCUT2D eigenvalue weighted by Gasteiger charge is -2.10. The van der Waals surface area contributed by atoms with Crippen molar-refractivity contribution in [2.45, 2.75) is 27.3 Å². The second-order valence-corrected chi connectivity index (χ2v) is 5.61. The first-order valence-corrected chi connectivity index (χ1v) is 7.53. The van der Waals surface area contributed by atoms with Crippen LogP contribution in [0.25, 0.3) is 11.4 Å². The van der Waals surface area contributed by atoms with Crippen LogP contribution < -0.4 is 5.32 Å². The van der Waals surface area contributed by atoms with Crippen LogP contribution in [0.2, 0.25) is 0 Å². The fourth-order valence-corrected chi connectivity index (χ4v) is 2.53. The van der Waals surface area contributed by atoms with E-state index in [4.69, 9.17) is 4.98 Å². The Bertz CT molecular complexity index is 823. The Morgan fingerprint density at radius 3 is 2.65 bits per heavy atom. The summed E-state index contributed by atoms with van der Waals surface area (Å²) < 4.78 is 1.86. The summed E-state index contributed by atoms with van der Waals surface area (Å²) in [6.45, 7) is 6.68. The summed E-state index contributed by atoms with van der Waals surface area (Å²) in [6, 6.07) is 3.96. The molecule has 0 unspecified atom stereocenters. The topological polar surface area (TPSA) is 68.5 Å². The standard InChI is InChI=1S/C17H20N6/c1-11-8-19-17(15-12(2)22-23(4)13(15)3)21-16(11)20-10-14-6-5-7-18-9-14/h5-9H,10H2,1-4H3,(H,19,20,21). The van der Waals surface area contributed by atoms with Crippen LogP contribution in [0.4, 0.5) is 5.82 Å². The van der Waals surface area contributed by atoms with Gasteiger partial charge in [-0.25, -0.2) is 9.97 Å². The van der Waals surface area contributed by atoms with E-state index in [1.807, 2.05) is 57.0 Å². The fourth-order valence-electron chi connectivity index (χ4n) is 2.53. The van der Waals surface area contributed by atoms with Crippen LogP contribution >= 0.6 is 0 Å². The summed E-state index contributed by atoms with van der Waals surface area (Å²) in [4.78, 5) is 13.3. The smallest absolute Gasteiger partial charge is 0.165 e. The first-order valence-electron chi connectivity index (χ1n) is 7.53. The molecule has 0 spiro atoms. The van der Waals surface area contributed by atoms with Crippen molar-refractivity contribution in [2.24, 2.45) is 7.05 Å². The predicted octanol–water partition coefficient (Wildman–Crippen LogP) is 2.81. The SMILES string of the molecule is Cc1cnc(-c2c(C)nn(C)c2C)nc1NCc1cccnc1. The molecule has 3 heterocycles. The van der Waals surface area contributed by atoms with Crippen LogP contribution in [-0.4, -0.2) is 24.7 Å². The summed E-state index contributed by atoms with van der Waals surface area (Å²) in [5.41, 5.74) is 5.12. The van der Waals surface area contributed by atoms with E-state index in [0.29, 0.717) is 12.4 Å². The maximum atomic E-state index is 4.70. The van der Waals surface area contributed by atoms with Crippen molar-refractivity contribution in [3.63, 3.8) is 0 Å². The van der Waals surface area contributed by atoms with E-state index in [2.05, 4.69) is 20.4 Å². The minimum atomic E-state index is 0.677. The van der Waals surface area contributed by atoms with Crippen molar-refractivity contribution in [3.8, 4) is 11.4 Å². The second kappa shape index (κ2) is 6.16. The molecule has 0 radical (unpaired) electrons. The van der Waals surface area contributed by atoms with Gasteiger partial charge in [0.2, 0.25) is 0 Å². The van der Waals surface area contributed by atoms with Crippen LogP contribution in [-0.2, 0) is 13.6 Å². The monoisotopic (exact) mass is 308 g/mol. The normalized spacial score (nSPS) is 10.8. The molecule has 118 valence electrons. The lowest BCUT2D eigenvalue weighted by atomic mass is 10.2. The fraction of sp³-hybridized carbons (Fsp3) is 0.294. The van der Waals surface area contributed by atoms with Crippen LogP contribution in [0.1, 0.15) is 22.5 Å². The lowest BCUT2D eigenvalue weighted by Crippen LogP contribution is -2.05. The van der Waals surface area contributed by atoms with E-state index < -0.39 is 0 Å². The number of hydrogen-bond donors (Lipinski definition) is 1. The highest BCUT2D eigenvalue weighted by atomic mass is 15.3. The van der Waals surface area contributed by atoms with Gasteiger partial charge >= 0.3 is 0 Å². The molecule has 0 saturated carbocycles. The Morgan fingerprint density at radius 2 is 2.00 bits per heavy atom. The molecule has 1 N–H and O–H groups in total. The quantitative estimate of drug-likeness (QED) is 0.802. The van der Waals surface area contributed by atoms with Gasteiger partial charge in [0.1, 0.15) is 5.82 Å². The number of hydrogen-bond acceptors (Lipinski definition) is 5. The maximum absolute atomic E-state index is 4.70. The maximum Gasteiger partial charge on any atom is 0.165 e. The highest BCUT2D eigenvalue weighted by Crippen LogP contribution is 2.25. The molecule has 3 rings (SSSR count). The average Bonchev–Trinajstić information content (AvgIpc) is 2.80. The van der Waals surface area contributed by atoms with Gasteiger partial charge in [-0.1, -0.05) is 6.07 Å². The minimum Gasteiger partial charge on any atom is -0.366 e. The van der Waals surface area contributed by atoms with E-state index in [1.165, 1.54) is 0 Å². The molecule has 0 fully saturated rings. The zero-order valence-corrected chi connectivity index (χ0v) is 13.8. The molecule has 3 aromatic rings. The zero-order valence-electron chi connectivity index (χ0n) is 13.8. The van der Waals surface area contributed by atoms with Crippen molar-refractivity contribution < 1.29 is 0 Å². The van der Waals surface area contributed by atoms with Gasteiger partial charge in [-0.15, -0.1) is 0 Å². The Kier molecular flexibility index (Phi) is 4.06. The molecule has 23 heavy (non-hydrogen) atoms. The number of nitrogens with one attached hydrogen (secondary N) is 1. The molecule has 0 amide bonds. The molecular weight excluding hydrogens is 288 g/mol. The van der Waals surface area contributed by atoms with Crippen molar-refractivity contribution in [3.05, 3.63) is 53.2 Å². The molecule has 6 heteroatoms. The second-order valence-electron chi connectivity index (χ2n) is 5.61. The summed E-state index contributed by atoms with van der Waals surface area (Å²) in [5.74, 6) is 1.54. The Morgan fingerprint density at radius 1 is 1.17 bits per heavy atom. The molecule has 0 aromatic carbocycles. The Balaban J connectivity index is 1.90. The Labute approximate surface area is 135 Å². The summed E-state index contributed by atoms with van der Waals surface area (Å²) >= 11 is 0. The molecule has 0 atom stereocenters. The number of aryl methyl sites for hydroxylation is 3. The van der Waals surface area contributed by atoms with Gasteiger partial charge < -0.3 is 5.32 Å². The van der Waals surface area contributed by atoms with E-state index in [0.717, 1.165) is 33.9 Å². The highest BCUT2D eigenvalue weighted by Gasteiger charge is 2.15. The first-order chi connectivity index (χ1) is 11.1. The van der Waals surface area contributed by atoms with E-state index in [-0.39, 0.29) is 0 Å². The molecule has 0 aliphatic heterocycles. The molecular formula is C17H20N6. The number of rotatable bonds is 4. The van der Waals surface area contributed by atoms with Crippen molar-refractivity contribution >= 4 is 5.82 Å². The lowest BCUT2D eigenvalue weighted by molar-refractivity contribution is 0.731. The highest BCUT2D eigenvalue weighted by molar-refractivity contribution is 5.63. The summed E-state index contributed by atoms with van der Waals surface area (Å²) in [5, 5.41) is 7.81. The number of anilines is 1. The third-order valence-electron chi connectivity index (χ3n) is 3.89. The van der Waals surface area contributed by atoms with Gasteiger partial charge in [0, 0.05) is 43.4 Å². The van der Waals surface area contributed by atoms with Crippen LogP contribution in [0.3, 0.4) is 0 Å². The molecule has 0 bridgehead atoms. The molecule has 0 aliphatic carbocycles.